The van der Waals surface area contributed by atoms with Crippen LogP contribution in [0.5, 0.6) is 5.88 Å². The molecule has 7 heteroatoms. The van der Waals surface area contributed by atoms with Gasteiger partial charge in [-0.05, 0) is 0 Å². The maximum absolute atomic E-state index is 14.4. The number of alkyl halides is 1. The Morgan fingerprint density at radius 2 is 2.25 bits per heavy atom. The van der Waals surface area contributed by atoms with Gasteiger partial charge in [-0.15, -0.1) is 0 Å². The van der Waals surface area contributed by atoms with E-state index in [1.54, 1.807) is 17.3 Å². The number of aromatic nitrogens is 2. The first kappa shape index (κ1) is 14.6. The highest BCUT2D eigenvalue weighted by atomic mass is 19.1. The van der Waals surface area contributed by atoms with Gasteiger partial charge in [0.2, 0.25) is 12.3 Å². The van der Waals surface area contributed by atoms with Gasteiger partial charge in [-0.1, -0.05) is 0 Å². The van der Waals surface area contributed by atoms with Gasteiger partial charge >= 0.3 is 0 Å². The van der Waals surface area contributed by atoms with Gasteiger partial charge in [0.1, 0.15) is 12.3 Å². The Morgan fingerprint density at radius 1 is 1.45 bits per heavy atom. The largest absolute Gasteiger partial charge is 0.475 e. The van der Waals surface area contributed by atoms with Crippen LogP contribution in [0.3, 0.4) is 0 Å². The van der Waals surface area contributed by atoms with Gasteiger partial charge in [-0.25, -0.2) is 9.37 Å². The van der Waals surface area contributed by atoms with Crippen LogP contribution in [0.2, 0.25) is 0 Å². The SMILES string of the molecule is O=CN1CCC(F)(CNCCOc2cnccn2)CC1. The molecule has 1 fully saturated rings. The van der Waals surface area contributed by atoms with Crippen molar-refractivity contribution in [1.29, 1.82) is 0 Å². The smallest absolute Gasteiger partial charge is 0.232 e. The van der Waals surface area contributed by atoms with Gasteiger partial charge in [0.25, 0.3) is 0 Å². The lowest BCUT2D eigenvalue weighted by Crippen LogP contribution is -2.47. The molecule has 1 saturated heterocycles. The highest BCUT2D eigenvalue weighted by molar-refractivity contribution is 5.47. The lowest BCUT2D eigenvalue weighted by atomic mass is 9.93. The number of amides is 1. The van der Waals surface area contributed by atoms with E-state index in [4.69, 9.17) is 4.74 Å². The Kier molecular flexibility index (Phi) is 5.23. The maximum Gasteiger partial charge on any atom is 0.232 e. The molecular weight excluding hydrogens is 263 g/mol. The molecule has 0 aromatic carbocycles. The van der Waals surface area contributed by atoms with E-state index in [1.807, 2.05) is 0 Å². The Balaban J connectivity index is 1.60. The van der Waals surface area contributed by atoms with E-state index < -0.39 is 5.67 Å². The summed E-state index contributed by atoms with van der Waals surface area (Å²) in [5.74, 6) is 0.462. The standard InChI is InChI=1S/C13H19FN4O2/c14-13(1-6-18(11-19)7-2-13)10-16-5-8-20-12-9-15-3-4-17-12/h3-4,9,11,16H,1-2,5-8,10H2. The first-order chi connectivity index (χ1) is 9.72. The second kappa shape index (κ2) is 7.14. The zero-order valence-electron chi connectivity index (χ0n) is 11.3. The molecule has 1 amide bonds. The summed E-state index contributed by atoms with van der Waals surface area (Å²) in [5, 5.41) is 3.04. The van der Waals surface area contributed by atoms with Crippen LogP contribution in [-0.4, -0.2) is 59.7 Å². The number of halogens is 1. The maximum atomic E-state index is 14.4. The van der Waals surface area contributed by atoms with Crippen LogP contribution in [0, 0.1) is 0 Å². The monoisotopic (exact) mass is 282 g/mol. The molecule has 0 unspecified atom stereocenters. The zero-order chi connectivity index (χ0) is 14.3. The summed E-state index contributed by atoms with van der Waals surface area (Å²) < 4.78 is 19.7. The molecule has 1 aliphatic rings. The Bertz CT molecular complexity index is 410. The van der Waals surface area contributed by atoms with Crippen LogP contribution in [-0.2, 0) is 4.79 Å². The zero-order valence-corrected chi connectivity index (χ0v) is 11.3. The Hall–Kier alpha value is -1.76. The van der Waals surface area contributed by atoms with Crippen LogP contribution < -0.4 is 10.1 Å². The highest BCUT2D eigenvalue weighted by Crippen LogP contribution is 2.24. The minimum absolute atomic E-state index is 0.281. The van der Waals surface area contributed by atoms with E-state index in [2.05, 4.69) is 15.3 Å². The molecule has 1 N–H and O–H groups in total. The molecule has 0 saturated carbocycles. The molecule has 1 aliphatic heterocycles. The molecule has 20 heavy (non-hydrogen) atoms. The van der Waals surface area contributed by atoms with Crippen molar-refractivity contribution in [2.75, 3.05) is 32.8 Å². The molecule has 0 radical (unpaired) electrons. The molecule has 0 bridgehead atoms. The predicted molar refractivity (Wildman–Crippen MR) is 71.1 cm³/mol. The molecule has 0 aliphatic carbocycles. The molecule has 0 spiro atoms. The second-order valence-corrected chi connectivity index (χ2v) is 4.86. The number of carbonyl (C=O) groups excluding carboxylic acids is 1. The van der Waals surface area contributed by atoms with Gasteiger partial charge < -0.3 is 15.0 Å². The number of nitrogens with one attached hydrogen (secondary N) is 1. The summed E-state index contributed by atoms with van der Waals surface area (Å²) in [6.45, 7) is 2.20. The summed E-state index contributed by atoms with van der Waals surface area (Å²) >= 11 is 0. The van der Waals surface area contributed by atoms with E-state index in [-0.39, 0.29) is 6.54 Å². The summed E-state index contributed by atoms with van der Waals surface area (Å²) in [4.78, 5) is 20.0. The van der Waals surface area contributed by atoms with Crippen LogP contribution in [0.1, 0.15) is 12.8 Å². The quantitative estimate of drug-likeness (QED) is 0.579. The lowest BCUT2D eigenvalue weighted by molar-refractivity contribution is -0.120. The van der Waals surface area contributed by atoms with Crippen molar-refractivity contribution >= 4 is 6.41 Å². The van der Waals surface area contributed by atoms with E-state index in [0.717, 1.165) is 6.41 Å². The summed E-state index contributed by atoms with van der Waals surface area (Å²) in [6, 6.07) is 0. The van der Waals surface area contributed by atoms with Gasteiger partial charge in [0.15, 0.2) is 0 Å². The summed E-state index contributed by atoms with van der Waals surface area (Å²) in [5.41, 5.74) is -1.23. The minimum atomic E-state index is -1.23. The van der Waals surface area contributed by atoms with Gasteiger partial charge in [0.05, 0.1) is 6.20 Å². The van der Waals surface area contributed by atoms with E-state index in [1.165, 1.54) is 6.20 Å². The molecule has 110 valence electrons. The lowest BCUT2D eigenvalue weighted by Gasteiger charge is -2.34. The molecular formula is C13H19FN4O2. The highest BCUT2D eigenvalue weighted by Gasteiger charge is 2.33. The Morgan fingerprint density at radius 3 is 2.90 bits per heavy atom. The number of hydrogen-bond donors (Lipinski definition) is 1. The minimum Gasteiger partial charge on any atom is -0.475 e. The van der Waals surface area contributed by atoms with E-state index >= 15 is 0 Å². The number of carbonyl (C=O) groups is 1. The first-order valence-corrected chi connectivity index (χ1v) is 6.70. The van der Waals surface area contributed by atoms with Gasteiger partial charge in [-0.3, -0.25) is 9.78 Å². The van der Waals surface area contributed by atoms with Crippen molar-refractivity contribution in [3.05, 3.63) is 18.6 Å². The number of ether oxygens (including phenoxy) is 1. The van der Waals surface area contributed by atoms with Crippen molar-refractivity contribution in [3.8, 4) is 5.88 Å². The fourth-order valence-corrected chi connectivity index (χ4v) is 2.11. The van der Waals surface area contributed by atoms with Crippen molar-refractivity contribution < 1.29 is 13.9 Å². The average Bonchev–Trinajstić information content (AvgIpc) is 2.49. The number of rotatable bonds is 7. The van der Waals surface area contributed by atoms with Gasteiger partial charge in [0, 0.05) is 51.4 Å². The predicted octanol–water partition coefficient (Wildman–Crippen LogP) is 0.405. The fourth-order valence-electron chi connectivity index (χ4n) is 2.11. The average molecular weight is 282 g/mol. The molecule has 1 aromatic rings. The number of nitrogens with zero attached hydrogens (tertiary/aromatic N) is 3. The van der Waals surface area contributed by atoms with Crippen LogP contribution in [0.4, 0.5) is 4.39 Å². The number of hydrogen-bond acceptors (Lipinski definition) is 5. The molecule has 2 rings (SSSR count). The van der Waals surface area contributed by atoms with Crippen molar-refractivity contribution in [2.24, 2.45) is 0 Å². The normalized spacial score (nSPS) is 17.8. The van der Waals surface area contributed by atoms with Crippen LogP contribution in [0.15, 0.2) is 18.6 Å². The van der Waals surface area contributed by atoms with Crippen molar-refractivity contribution in [1.82, 2.24) is 20.2 Å². The first-order valence-electron chi connectivity index (χ1n) is 6.70. The summed E-state index contributed by atoms with van der Waals surface area (Å²) in [7, 11) is 0. The van der Waals surface area contributed by atoms with Crippen molar-refractivity contribution in [3.63, 3.8) is 0 Å². The third-order valence-electron chi connectivity index (χ3n) is 3.35. The van der Waals surface area contributed by atoms with Gasteiger partial charge in [-0.2, -0.15) is 0 Å². The molecule has 1 aromatic heterocycles. The second-order valence-electron chi connectivity index (χ2n) is 4.86. The molecule has 2 heterocycles. The van der Waals surface area contributed by atoms with Crippen LogP contribution in [0.25, 0.3) is 0 Å². The molecule has 6 nitrogen and oxygen atoms in total. The fraction of sp³-hybridized carbons (Fsp3) is 0.615. The third-order valence-corrected chi connectivity index (χ3v) is 3.35. The number of likely N-dealkylation sites (tertiary alicyclic amines) is 1. The van der Waals surface area contributed by atoms with Crippen molar-refractivity contribution in [2.45, 2.75) is 18.5 Å². The third kappa shape index (κ3) is 4.41. The van der Waals surface area contributed by atoms with E-state index in [9.17, 15) is 9.18 Å². The van der Waals surface area contributed by atoms with Crippen LogP contribution >= 0.6 is 0 Å². The topological polar surface area (TPSA) is 67.4 Å². The Labute approximate surface area is 117 Å². The summed E-state index contributed by atoms with van der Waals surface area (Å²) in [6.07, 6.45) is 6.20. The number of piperidine rings is 1. The molecule has 0 atom stereocenters. The van der Waals surface area contributed by atoms with E-state index in [0.29, 0.717) is 45.0 Å².